The second-order valence-electron chi connectivity index (χ2n) is 10.7. The van der Waals surface area contributed by atoms with Crippen LogP contribution in [0.4, 0.5) is 10.1 Å². The molecule has 0 saturated heterocycles. The highest BCUT2D eigenvalue weighted by Crippen LogP contribution is 2.36. The minimum absolute atomic E-state index is 0.260. The molecule has 2 aliphatic rings. The summed E-state index contributed by atoms with van der Waals surface area (Å²) in [4.78, 5) is 13.9. The lowest BCUT2D eigenvalue weighted by Gasteiger charge is -2.18. The van der Waals surface area contributed by atoms with E-state index in [-0.39, 0.29) is 5.56 Å². The molecule has 0 atom stereocenters. The predicted octanol–water partition coefficient (Wildman–Crippen LogP) is 6.59. The number of nitrogens with zero attached hydrogens (tertiary/aromatic N) is 5. The Bertz CT molecular complexity index is 2110. The highest BCUT2D eigenvalue weighted by molar-refractivity contribution is 6.03. The summed E-state index contributed by atoms with van der Waals surface area (Å²) in [6.07, 6.45) is 5.43. The number of methoxy groups -OCH3 is 1. The molecule has 3 heterocycles. The number of rotatable bonds is 8. The summed E-state index contributed by atoms with van der Waals surface area (Å²) in [5.41, 5.74) is 6.13. The van der Waals surface area contributed by atoms with Crippen LogP contribution in [0.1, 0.15) is 16.7 Å². The van der Waals surface area contributed by atoms with Gasteiger partial charge in [0.2, 0.25) is 0 Å². The van der Waals surface area contributed by atoms with Crippen molar-refractivity contribution in [2.45, 2.75) is 20.0 Å². The minimum Gasteiger partial charge on any atom is -0.497 e. The number of pyridine rings is 1. The Labute approximate surface area is 252 Å². The molecule has 0 radical (unpaired) electrons. The van der Waals surface area contributed by atoms with Crippen LogP contribution >= 0.6 is 0 Å². The number of halogens is 1. The molecule has 7 rings (SSSR count). The zero-order valence-corrected chi connectivity index (χ0v) is 24.2. The third kappa shape index (κ3) is 4.88. The summed E-state index contributed by atoms with van der Waals surface area (Å²) in [6.45, 7) is 2.77. The maximum absolute atomic E-state index is 15.7. The third-order valence-electron chi connectivity index (χ3n) is 7.87. The quantitative estimate of drug-likeness (QED) is 0.218. The Kier molecular flexibility index (Phi) is 6.90. The van der Waals surface area contributed by atoms with E-state index in [2.05, 4.69) is 10.4 Å². The number of fused-ring (bicyclic) bond motifs is 3. The van der Waals surface area contributed by atoms with Gasteiger partial charge < -0.3 is 14.6 Å². The van der Waals surface area contributed by atoms with Crippen molar-refractivity contribution in [3.63, 3.8) is 0 Å². The fourth-order valence-electron chi connectivity index (χ4n) is 5.56. The molecule has 44 heavy (non-hydrogen) atoms. The van der Waals surface area contributed by atoms with Crippen LogP contribution in [0.25, 0.3) is 33.5 Å². The molecular formula is C35H29FN6O2. The molecule has 0 aliphatic carbocycles. The lowest BCUT2D eigenvalue weighted by atomic mass is 10.0. The molecule has 1 N–H and O–H groups in total. The molecule has 2 aliphatic heterocycles. The summed E-state index contributed by atoms with van der Waals surface area (Å²) < 4.78 is 26.2. The fourth-order valence-corrected chi connectivity index (χ4v) is 5.56. The summed E-state index contributed by atoms with van der Waals surface area (Å²) in [7, 11) is 1.63. The van der Waals surface area contributed by atoms with Gasteiger partial charge in [-0.1, -0.05) is 42.5 Å². The van der Waals surface area contributed by atoms with Gasteiger partial charge in [0.05, 0.1) is 40.6 Å². The van der Waals surface area contributed by atoms with E-state index in [0.29, 0.717) is 41.1 Å². The number of benzene rings is 4. The van der Waals surface area contributed by atoms with E-state index in [9.17, 15) is 4.79 Å². The average molecular weight is 585 g/mol. The molecule has 8 nitrogen and oxygen atoms in total. The predicted molar refractivity (Wildman–Crippen MR) is 170 cm³/mol. The van der Waals surface area contributed by atoms with Crippen molar-refractivity contribution in [3.05, 3.63) is 142 Å². The van der Waals surface area contributed by atoms with E-state index in [4.69, 9.17) is 9.84 Å². The molecular weight excluding hydrogens is 555 g/mol. The number of nitrogens with one attached hydrogen (secondary N) is 1. The molecule has 0 bridgehead atoms. The van der Waals surface area contributed by atoms with Crippen molar-refractivity contribution in [3.8, 4) is 28.4 Å². The first-order valence-corrected chi connectivity index (χ1v) is 14.3. The van der Waals surface area contributed by atoms with Gasteiger partial charge in [-0.25, -0.2) is 9.07 Å². The smallest absolute Gasteiger partial charge is 0.282 e. The van der Waals surface area contributed by atoms with E-state index in [1.54, 1.807) is 24.1 Å². The summed E-state index contributed by atoms with van der Waals surface area (Å²) in [5, 5.41) is 12.9. The van der Waals surface area contributed by atoms with E-state index in [0.717, 1.165) is 33.6 Å². The lowest BCUT2D eigenvalue weighted by molar-refractivity contribution is 0.414. The Balaban J connectivity index is 1.36. The van der Waals surface area contributed by atoms with Gasteiger partial charge in [0.25, 0.3) is 5.56 Å². The van der Waals surface area contributed by atoms with Gasteiger partial charge in [-0.3, -0.25) is 4.79 Å². The first-order valence-electron chi connectivity index (χ1n) is 14.3. The zero-order chi connectivity index (χ0) is 30.2. The second-order valence-corrected chi connectivity index (χ2v) is 10.7. The van der Waals surface area contributed by atoms with Crippen molar-refractivity contribution in [2.24, 2.45) is 0 Å². The summed E-state index contributed by atoms with van der Waals surface area (Å²) in [6, 6.07) is 28.3. The molecule has 1 aromatic heterocycles. The van der Waals surface area contributed by atoms with Gasteiger partial charge in [-0.05, 0) is 72.1 Å². The van der Waals surface area contributed by atoms with Crippen LogP contribution in [0.3, 0.4) is 0 Å². The first kappa shape index (κ1) is 27.2. The minimum atomic E-state index is -0.424. The number of aryl methyl sites for hydroxylation is 1. The van der Waals surface area contributed by atoms with Gasteiger partial charge >= 0.3 is 0 Å². The van der Waals surface area contributed by atoms with Crippen LogP contribution < -0.4 is 15.6 Å². The Hall–Kier alpha value is -5.70. The van der Waals surface area contributed by atoms with Crippen molar-refractivity contribution < 1.29 is 9.13 Å². The summed E-state index contributed by atoms with van der Waals surface area (Å²) in [5.74, 6) is 0.332. The van der Waals surface area contributed by atoms with E-state index < -0.39 is 5.82 Å². The summed E-state index contributed by atoms with van der Waals surface area (Å²) >= 11 is 0. The first-order chi connectivity index (χ1) is 21.5. The average Bonchev–Trinajstić information content (AvgIpc) is 3.70. The normalized spacial score (nSPS) is 11.3. The van der Waals surface area contributed by atoms with Crippen molar-refractivity contribution in [2.75, 3.05) is 12.4 Å². The fraction of sp³-hybridized carbons (Fsp3) is 0.114. The van der Waals surface area contributed by atoms with Crippen molar-refractivity contribution >= 4 is 16.6 Å². The van der Waals surface area contributed by atoms with Crippen LogP contribution in [-0.4, -0.2) is 31.2 Å². The number of ether oxygens (including phenoxy) is 1. The van der Waals surface area contributed by atoms with Gasteiger partial charge in [0, 0.05) is 31.7 Å². The van der Waals surface area contributed by atoms with Crippen molar-refractivity contribution in [1.82, 2.24) is 24.1 Å². The highest BCUT2D eigenvalue weighted by atomic mass is 19.1. The van der Waals surface area contributed by atoms with Crippen LogP contribution in [0, 0.1) is 12.7 Å². The zero-order valence-electron chi connectivity index (χ0n) is 24.2. The molecule has 0 unspecified atom stereocenters. The second kappa shape index (κ2) is 11.2. The number of aromatic nitrogens is 5. The van der Waals surface area contributed by atoms with E-state index in [1.807, 2.05) is 103 Å². The molecule has 5 aromatic rings. The Morgan fingerprint density at radius 2 is 1.68 bits per heavy atom. The van der Waals surface area contributed by atoms with Crippen LogP contribution in [0.5, 0.6) is 5.75 Å². The van der Waals surface area contributed by atoms with Gasteiger partial charge in [0.1, 0.15) is 17.3 Å². The molecule has 0 amide bonds. The van der Waals surface area contributed by atoms with Gasteiger partial charge in [-0.2, -0.15) is 14.9 Å². The largest absolute Gasteiger partial charge is 0.497 e. The molecule has 218 valence electrons. The number of hydrogen-bond donors (Lipinski definition) is 1. The topological polar surface area (TPSA) is 78.9 Å². The monoisotopic (exact) mass is 584 g/mol. The number of anilines is 1. The SMILES string of the molecule is COc1ccc(Cn2cc3c(=O)n(-c4ccccc4C)nc-3c3c(NCc4ccc(-n5cccn5)cc4)c(F)ccc32)cc1. The maximum Gasteiger partial charge on any atom is 0.282 e. The lowest BCUT2D eigenvalue weighted by Crippen LogP contribution is -2.16. The standard InChI is InChI=1S/C35H29FN6O2/c1-23-6-3-4-7-30(23)42-35(43)28-22-40(21-25-10-14-27(44-2)15-11-25)31-17-16-29(36)34(32(31)33(28)39-42)37-20-24-8-12-26(13-9-24)41-19-5-18-38-41/h3-19,22,37H,20-21H2,1-2H3. The highest BCUT2D eigenvalue weighted by Gasteiger charge is 2.25. The molecule has 0 spiro atoms. The van der Waals surface area contributed by atoms with Crippen molar-refractivity contribution in [1.29, 1.82) is 0 Å². The molecule has 9 heteroatoms. The van der Waals surface area contributed by atoms with Gasteiger partial charge in [-0.15, -0.1) is 0 Å². The van der Waals surface area contributed by atoms with Crippen LogP contribution in [-0.2, 0) is 13.1 Å². The maximum atomic E-state index is 15.7. The van der Waals surface area contributed by atoms with E-state index in [1.165, 1.54) is 10.7 Å². The number of para-hydroxylation sites is 1. The Morgan fingerprint density at radius 1 is 0.909 bits per heavy atom. The molecule has 4 aromatic carbocycles. The van der Waals surface area contributed by atoms with Crippen LogP contribution in [0.2, 0.25) is 0 Å². The number of hydrogen-bond acceptors (Lipinski definition) is 5. The molecule has 0 saturated carbocycles. The van der Waals surface area contributed by atoms with E-state index >= 15 is 4.39 Å². The Morgan fingerprint density at radius 3 is 2.41 bits per heavy atom. The molecule has 0 fully saturated rings. The third-order valence-corrected chi connectivity index (χ3v) is 7.87. The van der Waals surface area contributed by atoms with Crippen LogP contribution in [0.15, 0.2) is 114 Å². The van der Waals surface area contributed by atoms with Gasteiger partial charge in [0.15, 0.2) is 0 Å².